The van der Waals surface area contributed by atoms with Crippen LogP contribution in [-0.2, 0) is 14.8 Å². The monoisotopic (exact) mass is 450 g/mol. The van der Waals surface area contributed by atoms with Gasteiger partial charge in [0.1, 0.15) is 0 Å². The average molecular weight is 450 g/mol. The first kappa shape index (κ1) is 23.0. The van der Waals surface area contributed by atoms with E-state index in [9.17, 15) is 26.7 Å². The summed E-state index contributed by atoms with van der Waals surface area (Å²) in [5, 5.41) is 16.7. The molecule has 7 nitrogen and oxygen atoms in total. The maximum absolute atomic E-state index is 12.7. The molecule has 0 aromatic heterocycles. The van der Waals surface area contributed by atoms with Crippen LogP contribution in [0.15, 0.2) is 35.2 Å². The molecule has 168 valence electrons. The van der Waals surface area contributed by atoms with Gasteiger partial charge in [0, 0.05) is 38.3 Å². The number of sulfonamides is 1. The third kappa shape index (κ3) is 4.96. The number of alkyl halides is 3. The van der Waals surface area contributed by atoms with Gasteiger partial charge in [0.15, 0.2) is 0 Å². The Morgan fingerprint density at radius 2 is 1.70 bits per heavy atom. The highest BCUT2D eigenvalue weighted by Gasteiger charge is 2.56. The number of rotatable bonds is 5. The number of hydrogen-bond acceptors (Lipinski definition) is 5. The number of nitrogens with zero attached hydrogens (tertiary/aromatic N) is 2. The summed E-state index contributed by atoms with van der Waals surface area (Å²) in [4.78, 5) is 11.7. The summed E-state index contributed by atoms with van der Waals surface area (Å²) in [6, 6.07) is 8.68. The Hall–Kier alpha value is -1.69. The Balaban J connectivity index is 0.000000318. The molecular formula is C19H25F3N2O5S. The molecule has 0 bridgehead atoms. The number of benzene rings is 1. The number of hydrogen-bond donors (Lipinski definition) is 2. The first-order valence-electron chi connectivity index (χ1n) is 9.69. The van der Waals surface area contributed by atoms with Crippen LogP contribution in [0.3, 0.4) is 0 Å². The number of aliphatic hydroxyl groups is 1. The standard InChI is InChI=1S/C17H24N2O3S.C2HF3O2/c20-11-15-8-17(18(10-15)9-14-6-7-14)12-19(13-17)23(21,22)16-4-2-1-3-5-16;3-2(4,5)1(6)7/h1-5,14-15,20H,6-13H2;(H,6,7). The van der Waals surface area contributed by atoms with Crippen LogP contribution in [0, 0.1) is 11.8 Å². The van der Waals surface area contributed by atoms with Crippen LogP contribution in [0.4, 0.5) is 13.2 Å². The van der Waals surface area contributed by atoms with Crippen molar-refractivity contribution in [3.05, 3.63) is 30.3 Å². The Bertz CT molecular complexity index is 853. The summed E-state index contributed by atoms with van der Waals surface area (Å²) in [6.07, 6.45) is -1.58. The fourth-order valence-corrected chi connectivity index (χ4v) is 5.71. The van der Waals surface area contributed by atoms with Crippen LogP contribution in [0.2, 0.25) is 0 Å². The van der Waals surface area contributed by atoms with E-state index in [1.165, 1.54) is 12.8 Å². The number of halogens is 3. The van der Waals surface area contributed by atoms with Crippen molar-refractivity contribution in [3.63, 3.8) is 0 Å². The summed E-state index contributed by atoms with van der Waals surface area (Å²) in [5.74, 6) is -1.69. The van der Waals surface area contributed by atoms with E-state index in [2.05, 4.69) is 4.90 Å². The first-order valence-corrected chi connectivity index (χ1v) is 11.1. The van der Waals surface area contributed by atoms with Crippen molar-refractivity contribution in [2.24, 2.45) is 11.8 Å². The molecule has 1 aliphatic carbocycles. The third-order valence-electron chi connectivity index (χ3n) is 5.82. The number of aliphatic hydroxyl groups excluding tert-OH is 1. The minimum Gasteiger partial charge on any atom is -0.475 e. The van der Waals surface area contributed by atoms with Crippen LogP contribution in [-0.4, -0.2) is 78.3 Å². The molecule has 2 aliphatic heterocycles. The van der Waals surface area contributed by atoms with Crippen LogP contribution < -0.4 is 0 Å². The lowest BCUT2D eigenvalue weighted by atomic mass is 9.86. The van der Waals surface area contributed by atoms with Gasteiger partial charge in [0.25, 0.3) is 0 Å². The summed E-state index contributed by atoms with van der Waals surface area (Å²) < 4.78 is 58.7. The normalized spacial score (nSPS) is 24.2. The van der Waals surface area contributed by atoms with Gasteiger partial charge in [0.2, 0.25) is 10.0 Å². The van der Waals surface area contributed by atoms with Gasteiger partial charge in [-0.1, -0.05) is 18.2 Å². The number of aliphatic carboxylic acids is 1. The lowest BCUT2D eigenvalue weighted by Gasteiger charge is -2.52. The number of likely N-dealkylation sites (tertiary alicyclic amines) is 1. The van der Waals surface area contributed by atoms with Crippen molar-refractivity contribution < 1.29 is 36.6 Å². The highest BCUT2D eigenvalue weighted by molar-refractivity contribution is 7.89. The number of carboxylic acids is 1. The fourth-order valence-electron chi connectivity index (χ4n) is 4.09. The SMILES string of the molecule is O=C(O)C(F)(F)F.O=S(=O)(c1ccccc1)N1CC2(CC(CO)CN2CC2CC2)C1. The molecule has 0 radical (unpaired) electrons. The molecule has 1 saturated carbocycles. The Kier molecular flexibility index (Phi) is 6.47. The largest absolute Gasteiger partial charge is 0.490 e. The van der Waals surface area contributed by atoms with Gasteiger partial charge in [-0.05, 0) is 43.2 Å². The summed E-state index contributed by atoms with van der Waals surface area (Å²) in [6.45, 7) is 3.30. The fraction of sp³-hybridized carbons (Fsp3) is 0.632. The Morgan fingerprint density at radius 1 is 1.13 bits per heavy atom. The maximum Gasteiger partial charge on any atom is 0.490 e. The first-order chi connectivity index (χ1) is 14.0. The highest BCUT2D eigenvalue weighted by Crippen LogP contribution is 2.44. The van der Waals surface area contributed by atoms with E-state index < -0.39 is 22.2 Å². The molecule has 0 amide bonds. The predicted octanol–water partition coefficient (Wildman–Crippen LogP) is 1.79. The molecule has 3 fully saturated rings. The zero-order chi connectivity index (χ0) is 22.2. The second-order valence-electron chi connectivity index (χ2n) is 8.21. The molecule has 30 heavy (non-hydrogen) atoms. The van der Waals surface area contributed by atoms with E-state index in [4.69, 9.17) is 9.90 Å². The lowest BCUT2D eigenvalue weighted by Crippen LogP contribution is -2.68. The lowest BCUT2D eigenvalue weighted by molar-refractivity contribution is -0.192. The van der Waals surface area contributed by atoms with E-state index >= 15 is 0 Å². The summed E-state index contributed by atoms with van der Waals surface area (Å²) in [7, 11) is -3.38. The van der Waals surface area contributed by atoms with E-state index in [1.807, 2.05) is 6.07 Å². The van der Waals surface area contributed by atoms with Crippen LogP contribution in [0.5, 0.6) is 0 Å². The van der Waals surface area contributed by atoms with E-state index in [0.29, 0.717) is 18.0 Å². The van der Waals surface area contributed by atoms with Gasteiger partial charge < -0.3 is 10.2 Å². The zero-order valence-corrected chi connectivity index (χ0v) is 17.1. The highest BCUT2D eigenvalue weighted by atomic mass is 32.2. The van der Waals surface area contributed by atoms with Crippen molar-refractivity contribution in [3.8, 4) is 0 Å². The van der Waals surface area contributed by atoms with Gasteiger partial charge >= 0.3 is 12.1 Å². The van der Waals surface area contributed by atoms with Gasteiger partial charge in [-0.15, -0.1) is 0 Å². The number of carbonyl (C=O) groups is 1. The summed E-state index contributed by atoms with van der Waals surface area (Å²) in [5.41, 5.74) is -0.0438. The minimum atomic E-state index is -5.08. The van der Waals surface area contributed by atoms with Crippen molar-refractivity contribution in [1.29, 1.82) is 0 Å². The molecule has 2 N–H and O–H groups in total. The van der Waals surface area contributed by atoms with Gasteiger partial charge in [-0.3, -0.25) is 4.90 Å². The van der Waals surface area contributed by atoms with Crippen molar-refractivity contribution in [2.45, 2.75) is 35.9 Å². The minimum absolute atomic E-state index is 0.0438. The van der Waals surface area contributed by atoms with Gasteiger partial charge in [0.05, 0.1) is 4.90 Å². The van der Waals surface area contributed by atoms with Crippen LogP contribution in [0.25, 0.3) is 0 Å². The predicted molar refractivity (Wildman–Crippen MR) is 101 cm³/mol. The van der Waals surface area contributed by atoms with Crippen molar-refractivity contribution >= 4 is 16.0 Å². The van der Waals surface area contributed by atoms with E-state index in [-0.39, 0.29) is 18.1 Å². The smallest absolute Gasteiger partial charge is 0.475 e. The molecule has 1 aromatic rings. The molecule has 1 unspecified atom stereocenters. The van der Waals surface area contributed by atoms with E-state index in [0.717, 1.165) is 25.4 Å². The molecule has 2 saturated heterocycles. The number of carboxylic acid groups (broad SMARTS) is 1. The molecule has 1 atom stereocenters. The Morgan fingerprint density at radius 3 is 2.17 bits per heavy atom. The van der Waals surface area contributed by atoms with Crippen LogP contribution in [0.1, 0.15) is 19.3 Å². The third-order valence-corrected chi connectivity index (χ3v) is 7.62. The molecule has 3 aliphatic rings. The molecule has 11 heteroatoms. The van der Waals surface area contributed by atoms with Crippen molar-refractivity contribution in [2.75, 3.05) is 32.8 Å². The second kappa shape index (κ2) is 8.45. The molecule has 1 spiro atoms. The van der Waals surface area contributed by atoms with Crippen molar-refractivity contribution in [1.82, 2.24) is 9.21 Å². The molecular weight excluding hydrogens is 425 g/mol. The quantitative estimate of drug-likeness (QED) is 0.710. The van der Waals surface area contributed by atoms with Gasteiger partial charge in [-0.25, -0.2) is 13.2 Å². The maximum atomic E-state index is 12.7. The Labute approximate surface area is 173 Å². The zero-order valence-electron chi connectivity index (χ0n) is 16.3. The second-order valence-corrected chi connectivity index (χ2v) is 10.2. The van der Waals surface area contributed by atoms with E-state index in [1.54, 1.807) is 28.6 Å². The molecule has 1 aromatic carbocycles. The topological polar surface area (TPSA) is 98.1 Å². The summed E-state index contributed by atoms with van der Waals surface area (Å²) >= 11 is 0. The van der Waals surface area contributed by atoms with Gasteiger partial charge in [-0.2, -0.15) is 17.5 Å². The average Bonchev–Trinajstić information content (AvgIpc) is 3.39. The van der Waals surface area contributed by atoms with Crippen LogP contribution >= 0.6 is 0 Å². The molecule has 4 rings (SSSR count). The molecule has 2 heterocycles.